The van der Waals surface area contributed by atoms with E-state index < -0.39 is 11.9 Å². The largest absolute Gasteiger partial charge is 0.586 e. The summed E-state index contributed by atoms with van der Waals surface area (Å²) < 4.78 is 38.3. The molecule has 2 aromatic heterocycles. The summed E-state index contributed by atoms with van der Waals surface area (Å²) in [7, 11) is 1.57. The van der Waals surface area contributed by atoms with E-state index in [1.54, 1.807) is 37.4 Å². The van der Waals surface area contributed by atoms with E-state index in [4.69, 9.17) is 16.3 Å². The van der Waals surface area contributed by atoms with Crippen LogP contribution in [0.5, 0.6) is 11.5 Å². The molecule has 0 N–H and O–H groups in total. The number of aromatic nitrogens is 2. The number of alkyl halides is 2. The van der Waals surface area contributed by atoms with Crippen LogP contribution in [-0.2, 0) is 7.05 Å². The Morgan fingerprint density at radius 2 is 1.74 bits per heavy atom. The molecule has 0 aliphatic carbocycles. The molecule has 4 aromatic rings. The van der Waals surface area contributed by atoms with Crippen LogP contribution >= 0.6 is 11.6 Å². The molecule has 0 saturated carbocycles. The third-order valence-corrected chi connectivity index (χ3v) is 7.95. The van der Waals surface area contributed by atoms with Gasteiger partial charge in [0.05, 0.1) is 17.2 Å². The SMILES string of the molecule is C[C@@H]1CN(c2c(C#N)c(=O)n(C)c3ccc(C#N)nc23)CCN1C(c1ccc(Cl)cc1)c1ccc2c(c1)OC(F)(F)O2. The smallest absolute Gasteiger partial charge is 0.395 e. The fourth-order valence-electron chi connectivity index (χ4n) is 5.78. The fraction of sp³-hybridized carbons (Fsp3) is 0.267. The minimum atomic E-state index is -3.73. The first-order valence-corrected chi connectivity index (χ1v) is 13.5. The number of hydrogen-bond donors (Lipinski definition) is 0. The third-order valence-electron chi connectivity index (χ3n) is 7.69. The number of benzene rings is 2. The van der Waals surface area contributed by atoms with E-state index in [0.717, 1.165) is 11.1 Å². The van der Waals surface area contributed by atoms with Gasteiger partial charge in [0.25, 0.3) is 5.56 Å². The number of nitriles is 2. The Hall–Kier alpha value is -4.71. The standard InChI is InChI=1S/C30H23ClF2N6O3/c1-17-16-38(28-22(15-35)29(40)37(2)23-9-8-21(14-34)36-26(23)28)11-12-39(17)27(18-3-6-20(31)7-4-18)19-5-10-24-25(13-19)42-30(32,33)41-24/h3-10,13,17,27H,11-12,16H2,1-2H3/t17-,27?/m1/s1. The van der Waals surface area contributed by atoms with Crippen molar-refractivity contribution in [1.29, 1.82) is 10.5 Å². The van der Waals surface area contributed by atoms with Crippen molar-refractivity contribution in [2.45, 2.75) is 25.3 Å². The van der Waals surface area contributed by atoms with Gasteiger partial charge in [-0.25, -0.2) is 4.98 Å². The van der Waals surface area contributed by atoms with Gasteiger partial charge in [0.15, 0.2) is 11.5 Å². The molecule has 6 rings (SSSR count). The number of nitrogens with zero attached hydrogens (tertiary/aromatic N) is 6. The van der Waals surface area contributed by atoms with Crippen LogP contribution in [0.15, 0.2) is 59.4 Å². The molecule has 1 fully saturated rings. The van der Waals surface area contributed by atoms with Crippen molar-refractivity contribution < 1.29 is 18.3 Å². The Balaban J connectivity index is 1.40. The van der Waals surface area contributed by atoms with Crippen LogP contribution in [0.2, 0.25) is 5.02 Å². The Morgan fingerprint density at radius 1 is 1.02 bits per heavy atom. The van der Waals surface area contributed by atoms with Crippen molar-refractivity contribution in [1.82, 2.24) is 14.5 Å². The molecule has 0 spiro atoms. The molecule has 12 heteroatoms. The Morgan fingerprint density at radius 3 is 2.43 bits per heavy atom. The van der Waals surface area contributed by atoms with E-state index in [2.05, 4.69) is 20.7 Å². The number of piperazine rings is 1. The van der Waals surface area contributed by atoms with Gasteiger partial charge in [-0.3, -0.25) is 9.69 Å². The minimum Gasteiger partial charge on any atom is -0.395 e. The van der Waals surface area contributed by atoms with Crippen LogP contribution in [-0.4, -0.2) is 46.4 Å². The van der Waals surface area contributed by atoms with Gasteiger partial charge >= 0.3 is 6.29 Å². The Labute approximate surface area is 244 Å². The van der Waals surface area contributed by atoms with Gasteiger partial charge in [-0.1, -0.05) is 29.8 Å². The van der Waals surface area contributed by atoms with Crippen molar-refractivity contribution in [3.05, 3.63) is 92.4 Å². The zero-order valence-electron chi connectivity index (χ0n) is 22.5. The van der Waals surface area contributed by atoms with Crippen LogP contribution in [0.1, 0.15) is 35.3 Å². The van der Waals surface area contributed by atoms with Crippen molar-refractivity contribution in [2.75, 3.05) is 24.5 Å². The molecule has 2 aromatic carbocycles. The normalized spacial score (nSPS) is 18.5. The summed E-state index contributed by atoms with van der Waals surface area (Å²) in [5, 5.41) is 20.0. The Bertz CT molecular complexity index is 1870. The predicted octanol–water partition coefficient (Wildman–Crippen LogP) is 4.95. The third kappa shape index (κ3) is 4.67. The number of hydrogen-bond acceptors (Lipinski definition) is 8. The maximum absolute atomic E-state index is 13.8. The van der Waals surface area contributed by atoms with Gasteiger partial charge < -0.3 is 18.9 Å². The quantitative estimate of drug-likeness (QED) is 0.330. The van der Waals surface area contributed by atoms with Crippen LogP contribution in [0.4, 0.5) is 14.5 Å². The maximum atomic E-state index is 13.8. The molecular formula is C30H23ClF2N6O3. The van der Waals surface area contributed by atoms with E-state index >= 15 is 0 Å². The van der Waals surface area contributed by atoms with Crippen molar-refractivity contribution in [3.63, 3.8) is 0 Å². The number of pyridine rings is 2. The van der Waals surface area contributed by atoms with Gasteiger partial charge in [-0.15, -0.1) is 8.78 Å². The van der Waals surface area contributed by atoms with Gasteiger partial charge in [0.2, 0.25) is 0 Å². The van der Waals surface area contributed by atoms with Crippen LogP contribution < -0.4 is 19.9 Å². The highest BCUT2D eigenvalue weighted by Crippen LogP contribution is 2.44. The number of fused-ring (bicyclic) bond motifs is 2. The Kier molecular flexibility index (Phi) is 6.72. The number of aryl methyl sites for hydroxylation is 1. The zero-order valence-corrected chi connectivity index (χ0v) is 23.3. The number of halogens is 3. The molecular weight excluding hydrogens is 566 g/mol. The summed E-state index contributed by atoms with van der Waals surface area (Å²) in [6, 6.07) is 18.9. The topological polar surface area (TPSA) is 107 Å². The molecule has 212 valence electrons. The van der Waals surface area contributed by atoms with E-state index in [1.165, 1.54) is 16.7 Å². The van der Waals surface area contributed by atoms with E-state index in [-0.39, 0.29) is 34.8 Å². The summed E-state index contributed by atoms with van der Waals surface area (Å²) in [6.07, 6.45) is -3.73. The fourth-order valence-corrected chi connectivity index (χ4v) is 5.90. The van der Waals surface area contributed by atoms with Gasteiger partial charge in [0, 0.05) is 37.7 Å². The first kappa shape index (κ1) is 27.5. The zero-order chi connectivity index (χ0) is 29.8. The minimum absolute atomic E-state index is 0.0396. The summed E-state index contributed by atoms with van der Waals surface area (Å²) >= 11 is 6.17. The van der Waals surface area contributed by atoms with E-state index in [0.29, 0.717) is 41.4 Å². The number of rotatable bonds is 4. The van der Waals surface area contributed by atoms with Crippen molar-refractivity contribution in [2.24, 2.45) is 7.05 Å². The molecule has 1 saturated heterocycles. The lowest BCUT2D eigenvalue weighted by atomic mass is 9.94. The molecule has 0 radical (unpaired) electrons. The molecule has 2 atom stereocenters. The van der Waals surface area contributed by atoms with Crippen LogP contribution in [0, 0.1) is 22.7 Å². The average Bonchev–Trinajstić information content (AvgIpc) is 3.29. The molecule has 9 nitrogen and oxygen atoms in total. The van der Waals surface area contributed by atoms with Crippen LogP contribution in [0.3, 0.4) is 0 Å². The number of ether oxygens (including phenoxy) is 2. The molecule has 2 aliphatic heterocycles. The summed E-state index contributed by atoms with van der Waals surface area (Å²) in [5.74, 6) is -0.0883. The van der Waals surface area contributed by atoms with Gasteiger partial charge in [-0.05, 0) is 54.4 Å². The second-order valence-electron chi connectivity index (χ2n) is 10.2. The molecule has 42 heavy (non-hydrogen) atoms. The van der Waals surface area contributed by atoms with Crippen molar-refractivity contribution in [3.8, 4) is 23.6 Å². The van der Waals surface area contributed by atoms with Crippen molar-refractivity contribution >= 4 is 28.3 Å². The lowest BCUT2D eigenvalue weighted by molar-refractivity contribution is -0.286. The molecule has 0 amide bonds. The average molecular weight is 589 g/mol. The highest BCUT2D eigenvalue weighted by Gasteiger charge is 2.44. The number of anilines is 1. The van der Waals surface area contributed by atoms with E-state index in [1.807, 2.05) is 30.0 Å². The van der Waals surface area contributed by atoms with Gasteiger partial charge in [0.1, 0.15) is 28.9 Å². The van der Waals surface area contributed by atoms with E-state index in [9.17, 15) is 24.1 Å². The summed E-state index contributed by atoms with van der Waals surface area (Å²) in [5.41, 5.74) is 2.61. The second-order valence-corrected chi connectivity index (χ2v) is 10.7. The summed E-state index contributed by atoms with van der Waals surface area (Å²) in [4.78, 5) is 21.8. The van der Waals surface area contributed by atoms with Gasteiger partial charge in [-0.2, -0.15) is 10.5 Å². The molecule has 1 unspecified atom stereocenters. The highest BCUT2D eigenvalue weighted by atomic mass is 35.5. The summed E-state index contributed by atoms with van der Waals surface area (Å²) in [6.45, 7) is 3.34. The maximum Gasteiger partial charge on any atom is 0.586 e. The molecule has 2 aliphatic rings. The molecule has 0 bridgehead atoms. The van der Waals surface area contributed by atoms with Crippen LogP contribution in [0.25, 0.3) is 11.0 Å². The second kappa shape index (κ2) is 10.3. The lowest BCUT2D eigenvalue weighted by Crippen LogP contribution is -2.53. The first-order chi connectivity index (χ1) is 20.1. The first-order valence-electron chi connectivity index (χ1n) is 13.1. The lowest BCUT2D eigenvalue weighted by Gasteiger charge is -2.45. The highest BCUT2D eigenvalue weighted by molar-refractivity contribution is 6.30. The predicted molar refractivity (Wildman–Crippen MR) is 151 cm³/mol. The monoisotopic (exact) mass is 588 g/mol. The molecule has 4 heterocycles.